The topological polar surface area (TPSA) is 129 Å². The Balaban J connectivity index is 3.06. The minimum atomic E-state index is -4.68. The van der Waals surface area contributed by atoms with Crippen molar-refractivity contribution >= 4 is 27.9 Å². The van der Waals surface area contributed by atoms with Crippen LogP contribution in [0, 0.1) is 0 Å². The Morgan fingerprint density at radius 3 is 2.14 bits per heavy atom. The summed E-state index contributed by atoms with van der Waals surface area (Å²) in [5.41, 5.74) is 0.537. The fourth-order valence-corrected chi connectivity index (χ4v) is 2.57. The monoisotopic (exact) mass is 329 g/mol. The number of amides is 2. The van der Waals surface area contributed by atoms with E-state index in [9.17, 15) is 22.8 Å². The molecule has 0 aliphatic heterocycles. The number of benzene rings is 1. The average molecular weight is 329 g/mol. The summed E-state index contributed by atoms with van der Waals surface area (Å²) < 4.78 is 30.6. The standard InChI is InChI=1S/C13H15NO7S/c1-9(15)14(11(13(17)18)8-22(19,20)21)12(16)7-10-5-3-2-4-6-10/h2-6,11H,7-8H2,1H3,(H,17,18)(H,19,20,21)/t11-/m0/s1. The number of carbonyl (C=O) groups excluding carboxylic acids is 2. The molecule has 0 aromatic heterocycles. The third-order valence-corrected chi connectivity index (χ3v) is 3.51. The molecule has 22 heavy (non-hydrogen) atoms. The summed E-state index contributed by atoms with van der Waals surface area (Å²) in [6.07, 6.45) is -0.268. The highest BCUT2D eigenvalue weighted by atomic mass is 32.2. The number of aliphatic carboxylic acids is 1. The van der Waals surface area contributed by atoms with Gasteiger partial charge in [0.1, 0.15) is 5.75 Å². The number of carbonyl (C=O) groups is 3. The van der Waals surface area contributed by atoms with Gasteiger partial charge in [-0.2, -0.15) is 8.42 Å². The van der Waals surface area contributed by atoms with E-state index in [1.807, 2.05) is 0 Å². The molecule has 1 aromatic carbocycles. The van der Waals surface area contributed by atoms with Crippen molar-refractivity contribution in [1.82, 2.24) is 4.90 Å². The summed E-state index contributed by atoms with van der Waals surface area (Å²) in [7, 11) is -4.68. The largest absolute Gasteiger partial charge is 0.480 e. The summed E-state index contributed by atoms with van der Waals surface area (Å²) in [5, 5.41) is 9.05. The van der Waals surface area contributed by atoms with Crippen molar-refractivity contribution in [2.45, 2.75) is 19.4 Å². The summed E-state index contributed by atoms with van der Waals surface area (Å²) in [4.78, 5) is 35.2. The summed E-state index contributed by atoms with van der Waals surface area (Å²) in [5.74, 6) is -4.75. The normalized spacial score (nSPS) is 12.5. The Bertz CT molecular complexity index is 669. The van der Waals surface area contributed by atoms with Crippen LogP contribution in [0.15, 0.2) is 30.3 Å². The van der Waals surface area contributed by atoms with Crippen LogP contribution in [-0.4, -0.2) is 52.6 Å². The van der Waals surface area contributed by atoms with Gasteiger partial charge in [0, 0.05) is 6.92 Å². The fraction of sp³-hybridized carbons (Fsp3) is 0.308. The molecule has 1 aromatic rings. The van der Waals surface area contributed by atoms with Crippen molar-refractivity contribution in [2.24, 2.45) is 0 Å². The van der Waals surface area contributed by atoms with E-state index >= 15 is 0 Å². The van der Waals surface area contributed by atoms with Gasteiger partial charge >= 0.3 is 5.97 Å². The zero-order valence-electron chi connectivity index (χ0n) is 11.7. The molecule has 0 radical (unpaired) electrons. The highest BCUT2D eigenvalue weighted by Crippen LogP contribution is 2.09. The summed E-state index contributed by atoms with van der Waals surface area (Å²) in [6.45, 7) is 0.947. The number of carboxylic acids is 1. The van der Waals surface area contributed by atoms with Crippen molar-refractivity contribution in [3.8, 4) is 0 Å². The molecule has 0 saturated heterocycles. The lowest BCUT2D eigenvalue weighted by Gasteiger charge is -2.25. The van der Waals surface area contributed by atoms with E-state index in [0.29, 0.717) is 10.5 Å². The van der Waals surface area contributed by atoms with Crippen LogP contribution in [0.5, 0.6) is 0 Å². The molecule has 0 fully saturated rings. The van der Waals surface area contributed by atoms with Gasteiger partial charge < -0.3 is 5.11 Å². The number of nitrogens with zero attached hydrogens (tertiary/aromatic N) is 1. The Hall–Kier alpha value is -2.26. The van der Waals surface area contributed by atoms with Crippen LogP contribution in [-0.2, 0) is 30.9 Å². The molecule has 2 N–H and O–H groups in total. The first-order valence-corrected chi connectivity index (χ1v) is 7.77. The van der Waals surface area contributed by atoms with Gasteiger partial charge in [0.15, 0.2) is 6.04 Å². The van der Waals surface area contributed by atoms with Crippen LogP contribution in [0.4, 0.5) is 0 Å². The lowest BCUT2D eigenvalue weighted by molar-refractivity contribution is -0.156. The van der Waals surface area contributed by atoms with Crippen molar-refractivity contribution in [3.05, 3.63) is 35.9 Å². The molecule has 8 nitrogen and oxygen atoms in total. The minimum Gasteiger partial charge on any atom is -0.480 e. The molecule has 120 valence electrons. The Morgan fingerprint density at radius 2 is 1.73 bits per heavy atom. The van der Waals surface area contributed by atoms with Crippen LogP contribution < -0.4 is 0 Å². The Kier molecular flexibility index (Phi) is 5.77. The smallest absolute Gasteiger partial charge is 0.328 e. The first kappa shape index (κ1) is 17.8. The molecule has 0 heterocycles. The highest BCUT2D eigenvalue weighted by Gasteiger charge is 2.36. The summed E-state index contributed by atoms with van der Waals surface area (Å²) in [6, 6.07) is 6.27. The second kappa shape index (κ2) is 7.14. The number of imide groups is 1. The first-order chi connectivity index (χ1) is 10.1. The van der Waals surface area contributed by atoms with Gasteiger partial charge in [0.2, 0.25) is 11.8 Å². The highest BCUT2D eigenvalue weighted by molar-refractivity contribution is 7.85. The fourth-order valence-electron chi connectivity index (χ4n) is 1.88. The van der Waals surface area contributed by atoms with E-state index in [-0.39, 0.29) is 6.42 Å². The van der Waals surface area contributed by atoms with Crippen LogP contribution in [0.1, 0.15) is 12.5 Å². The van der Waals surface area contributed by atoms with Gasteiger partial charge in [0.05, 0.1) is 6.42 Å². The Morgan fingerprint density at radius 1 is 1.18 bits per heavy atom. The van der Waals surface area contributed by atoms with E-state index in [2.05, 4.69) is 0 Å². The number of hydrogen-bond donors (Lipinski definition) is 2. The van der Waals surface area contributed by atoms with Crippen molar-refractivity contribution in [2.75, 3.05) is 5.75 Å². The predicted octanol–water partition coefficient (Wildman–Crippen LogP) is -0.0548. The number of carboxylic acid groups (broad SMARTS) is 1. The molecule has 0 bridgehead atoms. The lowest BCUT2D eigenvalue weighted by atomic mass is 10.1. The first-order valence-electron chi connectivity index (χ1n) is 6.16. The third-order valence-electron chi connectivity index (χ3n) is 2.77. The second-order valence-corrected chi connectivity index (χ2v) is 6.04. The van der Waals surface area contributed by atoms with E-state index in [4.69, 9.17) is 9.66 Å². The van der Waals surface area contributed by atoms with Crippen LogP contribution >= 0.6 is 0 Å². The number of hydrogen-bond acceptors (Lipinski definition) is 5. The molecule has 0 spiro atoms. The van der Waals surface area contributed by atoms with Crippen LogP contribution in [0.3, 0.4) is 0 Å². The third kappa shape index (κ3) is 5.26. The summed E-state index contributed by atoms with van der Waals surface area (Å²) >= 11 is 0. The van der Waals surface area contributed by atoms with E-state index in [1.165, 1.54) is 0 Å². The van der Waals surface area contributed by atoms with Crippen LogP contribution in [0.2, 0.25) is 0 Å². The van der Waals surface area contributed by atoms with Gasteiger partial charge in [0.25, 0.3) is 10.1 Å². The minimum absolute atomic E-state index is 0.268. The molecular weight excluding hydrogens is 314 g/mol. The molecule has 9 heteroatoms. The van der Waals surface area contributed by atoms with E-state index in [1.54, 1.807) is 30.3 Å². The van der Waals surface area contributed by atoms with Gasteiger partial charge in [-0.15, -0.1) is 0 Å². The molecule has 2 amide bonds. The maximum Gasteiger partial charge on any atom is 0.328 e. The van der Waals surface area contributed by atoms with Gasteiger partial charge in [-0.25, -0.2) is 4.79 Å². The SMILES string of the molecule is CC(=O)N(C(=O)Cc1ccccc1)[C@@H](CS(=O)(=O)O)C(=O)O. The zero-order valence-corrected chi connectivity index (χ0v) is 12.5. The maximum atomic E-state index is 12.2. The number of rotatable bonds is 6. The van der Waals surface area contributed by atoms with Crippen molar-refractivity contribution < 1.29 is 32.5 Å². The molecular formula is C13H15NO7S. The van der Waals surface area contributed by atoms with Gasteiger partial charge in [-0.05, 0) is 5.56 Å². The Labute approximate surface area is 127 Å². The molecule has 0 aliphatic carbocycles. The zero-order chi connectivity index (χ0) is 16.9. The van der Waals surface area contributed by atoms with Crippen molar-refractivity contribution in [3.63, 3.8) is 0 Å². The van der Waals surface area contributed by atoms with Crippen molar-refractivity contribution in [1.29, 1.82) is 0 Å². The average Bonchev–Trinajstić information content (AvgIpc) is 2.37. The maximum absolute atomic E-state index is 12.2. The van der Waals surface area contributed by atoms with E-state index < -0.39 is 39.7 Å². The van der Waals surface area contributed by atoms with Gasteiger partial charge in [-0.1, -0.05) is 30.3 Å². The molecule has 0 aliphatic rings. The van der Waals surface area contributed by atoms with Gasteiger partial charge in [-0.3, -0.25) is 19.0 Å². The second-order valence-electron chi connectivity index (χ2n) is 4.55. The molecule has 0 unspecified atom stereocenters. The van der Waals surface area contributed by atoms with Crippen LogP contribution in [0.25, 0.3) is 0 Å². The molecule has 1 atom stereocenters. The molecule has 1 rings (SSSR count). The van der Waals surface area contributed by atoms with E-state index in [0.717, 1.165) is 6.92 Å². The predicted molar refractivity (Wildman–Crippen MR) is 75.5 cm³/mol. The quantitative estimate of drug-likeness (QED) is 0.700. The molecule has 0 saturated carbocycles. The lowest BCUT2D eigenvalue weighted by Crippen LogP contribution is -2.51.